The van der Waals surface area contributed by atoms with E-state index in [0.717, 1.165) is 16.6 Å². The standard InChI is InChI=1S/C14H11N3O2S/c1-19-13(18)12-8-16-14(20-12)17-11-6-2-5-10-9(11)4-3-7-15-10/h2-8H,1H3,(H,16,17). The second kappa shape index (κ2) is 5.26. The lowest BCUT2D eigenvalue weighted by Gasteiger charge is -2.06. The minimum atomic E-state index is -0.380. The van der Waals surface area contributed by atoms with Gasteiger partial charge in [0.05, 0.1) is 18.8 Å². The van der Waals surface area contributed by atoms with Crippen molar-refractivity contribution in [1.82, 2.24) is 9.97 Å². The molecule has 0 aliphatic rings. The predicted molar refractivity (Wildman–Crippen MR) is 78.5 cm³/mol. The molecule has 2 heterocycles. The van der Waals surface area contributed by atoms with Gasteiger partial charge in [0, 0.05) is 17.3 Å². The molecular formula is C14H11N3O2S. The summed E-state index contributed by atoms with van der Waals surface area (Å²) in [6.07, 6.45) is 3.26. The molecule has 3 rings (SSSR count). The van der Waals surface area contributed by atoms with Crippen molar-refractivity contribution in [2.45, 2.75) is 0 Å². The molecule has 0 amide bonds. The summed E-state index contributed by atoms with van der Waals surface area (Å²) in [6, 6.07) is 9.69. The molecule has 1 N–H and O–H groups in total. The Balaban J connectivity index is 1.93. The van der Waals surface area contributed by atoms with Gasteiger partial charge in [0.1, 0.15) is 4.88 Å². The molecule has 0 fully saturated rings. The van der Waals surface area contributed by atoms with Crippen molar-refractivity contribution in [2.24, 2.45) is 0 Å². The number of carbonyl (C=O) groups excluding carboxylic acids is 1. The monoisotopic (exact) mass is 285 g/mol. The summed E-state index contributed by atoms with van der Waals surface area (Å²) in [5, 5.41) is 4.85. The quantitative estimate of drug-likeness (QED) is 0.748. The molecule has 0 bridgehead atoms. The van der Waals surface area contributed by atoms with Crippen molar-refractivity contribution in [3.63, 3.8) is 0 Å². The predicted octanol–water partition coefficient (Wildman–Crippen LogP) is 3.22. The third-order valence-corrected chi connectivity index (χ3v) is 3.67. The molecule has 0 aliphatic heterocycles. The number of hydrogen-bond donors (Lipinski definition) is 1. The molecule has 0 aliphatic carbocycles. The number of rotatable bonds is 3. The third-order valence-electron chi connectivity index (χ3n) is 2.78. The zero-order chi connectivity index (χ0) is 13.9. The van der Waals surface area contributed by atoms with E-state index in [1.807, 2.05) is 30.3 Å². The van der Waals surface area contributed by atoms with E-state index in [0.29, 0.717) is 10.0 Å². The van der Waals surface area contributed by atoms with Gasteiger partial charge in [-0.25, -0.2) is 9.78 Å². The van der Waals surface area contributed by atoms with Gasteiger partial charge in [-0.05, 0) is 24.3 Å². The zero-order valence-electron chi connectivity index (χ0n) is 10.7. The van der Waals surface area contributed by atoms with Gasteiger partial charge >= 0.3 is 5.97 Å². The number of nitrogens with zero attached hydrogens (tertiary/aromatic N) is 2. The number of carbonyl (C=O) groups is 1. The number of nitrogens with one attached hydrogen (secondary N) is 1. The Hall–Kier alpha value is -2.47. The topological polar surface area (TPSA) is 64.1 Å². The van der Waals surface area contributed by atoms with Crippen molar-refractivity contribution < 1.29 is 9.53 Å². The first-order valence-corrected chi connectivity index (χ1v) is 6.74. The lowest BCUT2D eigenvalue weighted by molar-refractivity contribution is 0.0606. The van der Waals surface area contributed by atoms with Crippen LogP contribution in [0.5, 0.6) is 0 Å². The molecule has 0 spiro atoms. The van der Waals surface area contributed by atoms with Crippen molar-refractivity contribution >= 4 is 39.0 Å². The van der Waals surface area contributed by atoms with Crippen LogP contribution in [0, 0.1) is 0 Å². The molecule has 3 aromatic rings. The molecule has 0 saturated carbocycles. The molecule has 0 atom stereocenters. The van der Waals surface area contributed by atoms with Crippen LogP contribution in [0.2, 0.25) is 0 Å². The molecule has 100 valence electrons. The summed E-state index contributed by atoms with van der Waals surface area (Å²) >= 11 is 1.25. The average Bonchev–Trinajstić information content (AvgIpc) is 2.95. The van der Waals surface area contributed by atoms with E-state index in [1.165, 1.54) is 24.6 Å². The number of anilines is 2. The minimum absolute atomic E-state index is 0.380. The second-order valence-electron chi connectivity index (χ2n) is 4.02. The van der Waals surface area contributed by atoms with E-state index in [1.54, 1.807) is 6.20 Å². The van der Waals surface area contributed by atoms with Crippen LogP contribution in [0.25, 0.3) is 10.9 Å². The van der Waals surface area contributed by atoms with E-state index in [-0.39, 0.29) is 5.97 Å². The maximum Gasteiger partial charge on any atom is 0.349 e. The average molecular weight is 285 g/mol. The molecule has 0 radical (unpaired) electrons. The Kier molecular flexibility index (Phi) is 3.30. The van der Waals surface area contributed by atoms with Crippen LogP contribution >= 0.6 is 11.3 Å². The highest BCUT2D eigenvalue weighted by Crippen LogP contribution is 2.27. The molecule has 1 aromatic carbocycles. The number of aromatic nitrogens is 2. The van der Waals surface area contributed by atoms with Crippen molar-refractivity contribution in [1.29, 1.82) is 0 Å². The highest BCUT2D eigenvalue weighted by atomic mass is 32.1. The normalized spacial score (nSPS) is 10.4. The van der Waals surface area contributed by atoms with Gasteiger partial charge in [0.2, 0.25) is 0 Å². The van der Waals surface area contributed by atoms with E-state index in [4.69, 9.17) is 0 Å². The van der Waals surface area contributed by atoms with Gasteiger partial charge in [-0.15, -0.1) is 0 Å². The summed E-state index contributed by atoms with van der Waals surface area (Å²) in [7, 11) is 1.35. The molecule has 0 unspecified atom stereocenters. The number of methoxy groups -OCH3 is 1. The van der Waals surface area contributed by atoms with Crippen LogP contribution in [-0.2, 0) is 4.74 Å². The van der Waals surface area contributed by atoms with E-state index in [9.17, 15) is 4.79 Å². The number of ether oxygens (including phenoxy) is 1. The number of benzene rings is 1. The van der Waals surface area contributed by atoms with Crippen LogP contribution in [0.3, 0.4) is 0 Å². The van der Waals surface area contributed by atoms with E-state index < -0.39 is 0 Å². The van der Waals surface area contributed by atoms with Gasteiger partial charge in [-0.1, -0.05) is 17.4 Å². The molecule has 0 saturated heterocycles. The summed E-state index contributed by atoms with van der Waals surface area (Å²) < 4.78 is 4.66. The molecular weight excluding hydrogens is 274 g/mol. The molecule has 2 aromatic heterocycles. The first-order valence-electron chi connectivity index (χ1n) is 5.93. The number of pyridine rings is 1. The number of hydrogen-bond acceptors (Lipinski definition) is 6. The minimum Gasteiger partial charge on any atom is -0.465 e. The lowest BCUT2D eigenvalue weighted by atomic mass is 10.2. The highest BCUT2D eigenvalue weighted by molar-refractivity contribution is 7.17. The van der Waals surface area contributed by atoms with Gasteiger partial charge in [0.25, 0.3) is 0 Å². The second-order valence-corrected chi connectivity index (χ2v) is 5.05. The largest absolute Gasteiger partial charge is 0.465 e. The lowest BCUT2D eigenvalue weighted by Crippen LogP contribution is -1.96. The Morgan fingerprint density at radius 3 is 3.00 bits per heavy atom. The van der Waals surface area contributed by atoms with Crippen molar-refractivity contribution in [3.8, 4) is 0 Å². The fourth-order valence-electron chi connectivity index (χ4n) is 1.85. The van der Waals surface area contributed by atoms with Crippen LogP contribution in [-0.4, -0.2) is 23.0 Å². The van der Waals surface area contributed by atoms with Crippen LogP contribution in [0.4, 0.5) is 10.8 Å². The van der Waals surface area contributed by atoms with Gasteiger partial charge in [-0.3, -0.25) is 4.98 Å². The Morgan fingerprint density at radius 2 is 2.15 bits per heavy atom. The Bertz CT molecular complexity index is 764. The van der Waals surface area contributed by atoms with Crippen molar-refractivity contribution in [2.75, 3.05) is 12.4 Å². The fourth-order valence-corrected chi connectivity index (χ4v) is 2.60. The Labute approximate surface area is 119 Å². The summed E-state index contributed by atoms with van der Waals surface area (Å²) in [6.45, 7) is 0. The van der Waals surface area contributed by atoms with Gasteiger partial charge in [0.15, 0.2) is 5.13 Å². The number of fused-ring (bicyclic) bond motifs is 1. The zero-order valence-corrected chi connectivity index (χ0v) is 11.5. The highest BCUT2D eigenvalue weighted by Gasteiger charge is 2.11. The smallest absolute Gasteiger partial charge is 0.349 e. The number of thiazole rings is 1. The summed E-state index contributed by atoms with van der Waals surface area (Å²) in [5.41, 5.74) is 1.81. The van der Waals surface area contributed by atoms with Crippen molar-refractivity contribution in [3.05, 3.63) is 47.6 Å². The van der Waals surface area contributed by atoms with Crippen LogP contribution in [0.15, 0.2) is 42.7 Å². The Morgan fingerprint density at radius 1 is 1.25 bits per heavy atom. The van der Waals surface area contributed by atoms with E-state index in [2.05, 4.69) is 20.0 Å². The number of esters is 1. The molecule has 5 nitrogen and oxygen atoms in total. The third kappa shape index (κ3) is 2.33. The van der Waals surface area contributed by atoms with Gasteiger partial charge in [-0.2, -0.15) is 0 Å². The SMILES string of the molecule is COC(=O)c1cnc(Nc2cccc3ncccc23)s1. The van der Waals surface area contributed by atoms with Crippen LogP contribution < -0.4 is 5.32 Å². The molecule has 6 heteroatoms. The van der Waals surface area contributed by atoms with Gasteiger partial charge < -0.3 is 10.1 Å². The summed E-state index contributed by atoms with van der Waals surface area (Å²) in [5.74, 6) is -0.380. The van der Waals surface area contributed by atoms with E-state index >= 15 is 0 Å². The summed E-state index contributed by atoms with van der Waals surface area (Å²) in [4.78, 5) is 20.3. The van der Waals surface area contributed by atoms with Crippen LogP contribution in [0.1, 0.15) is 9.67 Å². The molecule has 20 heavy (non-hydrogen) atoms. The maximum atomic E-state index is 11.4. The fraction of sp³-hybridized carbons (Fsp3) is 0.0714. The maximum absolute atomic E-state index is 11.4. The first kappa shape index (κ1) is 12.6. The first-order chi connectivity index (χ1) is 9.78.